The predicted octanol–water partition coefficient (Wildman–Crippen LogP) is 3.40. The number of fused-ring (bicyclic) bond motifs is 2. The minimum Gasteiger partial charge on any atom is -0.485 e. The molecule has 27 heavy (non-hydrogen) atoms. The second kappa shape index (κ2) is 6.66. The predicted molar refractivity (Wildman–Crippen MR) is 104 cm³/mol. The Hall–Kier alpha value is -2.93. The van der Waals surface area contributed by atoms with E-state index in [1.54, 1.807) is 22.5 Å². The van der Waals surface area contributed by atoms with Crippen LogP contribution in [-0.4, -0.2) is 28.4 Å². The van der Waals surface area contributed by atoms with Gasteiger partial charge >= 0.3 is 0 Å². The minimum atomic E-state index is -0.705. The van der Waals surface area contributed by atoms with Gasteiger partial charge in [0.05, 0.1) is 11.4 Å². The van der Waals surface area contributed by atoms with Crippen LogP contribution in [0.1, 0.15) is 11.3 Å². The number of nitrogens with one attached hydrogen (secondary N) is 1. The van der Waals surface area contributed by atoms with Crippen molar-refractivity contribution in [2.24, 2.45) is 0 Å². The third-order valence-corrected chi connectivity index (χ3v) is 5.57. The van der Waals surface area contributed by atoms with Crippen LogP contribution in [0.2, 0.25) is 0 Å². The molecule has 3 aromatic rings. The topological polar surface area (TPSA) is 65.4 Å². The first kappa shape index (κ1) is 16.3. The molecule has 3 heterocycles. The van der Waals surface area contributed by atoms with Crippen molar-refractivity contribution < 1.29 is 14.3 Å². The quantitative estimate of drug-likeness (QED) is 0.756. The number of anilines is 1. The van der Waals surface area contributed by atoms with Crippen LogP contribution in [0.3, 0.4) is 0 Å². The Kier molecular flexibility index (Phi) is 4.01. The van der Waals surface area contributed by atoms with Crippen molar-refractivity contribution in [3.63, 3.8) is 0 Å². The van der Waals surface area contributed by atoms with Gasteiger partial charge in [0.1, 0.15) is 12.4 Å². The maximum atomic E-state index is 12.9. The van der Waals surface area contributed by atoms with Crippen LogP contribution < -0.4 is 14.8 Å². The fourth-order valence-corrected chi connectivity index (χ4v) is 4.28. The molecule has 1 atom stereocenters. The summed E-state index contributed by atoms with van der Waals surface area (Å²) in [6.45, 7) is 0.180. The average molecular weight is 379 g/mol. The molecule has 0 saturated heterocycles. The van der Waals surface area contributed by atoms with Crippen molar-refractivity contribution in [2.45, 2.75) is 17.6 Å². The summed E-state index contributed by atoms with van der Waals surface area (Å²) in [5.74, 6) is 3.42. The Morgan fingerprint density at radius 3 is 2.70 bits per heavy atom. The summed E-state index contributed by atoms with van der Waals surface area (Å²) < 4.78 is 13.3. The Balaban J connectivity index is 1.43. The standard InChI is InChI=1S/C20H17N3O3S/c24-20(18-10-25-16-8-4-5-9-17(16)26-18)21-19-14-11-27-12-15(14)22-23(19)13-6-2-1-3-7-13/h1-9,18H,10-12H2,(H,21,24). The van der Waals surface area contributed by atoms with E-state index in [1.165, 1.54) is 0 Å². The third-order valence-electron chi connectivity index (χ3n) is 4.60. The van der Waals surface area contributed by atoms with E-state index in [2.05, 4.69) is 5.32 Å². The van der Waals surface area contributed by atoms with E-state index in [0.717, 1.165) is 28.5 Å². The molecule has 2 aliphatic heterocycles. The van der Waals surface area contributed by atoms with Gasteiger partial charge in [-0.25, -0.2) is 4.68 Å². The van der Waals surface area contributed by atoms with E-state index in [1.807, 2.05) is 48.5 Å². The van der Waals surface area contributed by atoms with Crippen LogP contribution in [0.4, 0.5) is 5.82 Å². The van der Waals surface area contributed by atoms with E-state index in [4.69, 9.17) is 14.6 Å². The Labute approximate surface area is 160 Å². The number of nitrogens with zero attached hydrogens (tertiary/aromatic N) is 2. The SMILES string of the molecule is O=C(Nc1c2c(nn1-c1ccccc1)CSC2)C1COc2ccccc2O1. The molecule has 0 bridgehead atoms. The van der Waals surface area contributed by atoms with E-state index in [0.29, 0.717) is 17.3 Å². The summed E-state index contributed by atoms with van der Waals surface area (Å²) in [7, 11) is 0. The van der Waals surface area contributed by atoms with E-state index >= 15 is 0 Å². The van der Waals surface area contributed by atoms with Crippen LogP contribution in [-0.2, 0) is 16.3 Å². The van der Waals surface area contributed by atoms with Gasteiger partial charge in [0.25, 0.3) is 5.91 Å². The largest absolute Gasteiger partial charge is 0.485 e. The highest BCUT2D eigenvalue weighted by atomic mass is 32.2. The molecule has 0 radical (unpaired) electrons. The molecular formula is C20H17N3O3S. The first-order valence-electron chi connectivity index (χ1n) is 8.73. The van der Waals surface area contributed by atoms with Gasteiger partial charge in [-0.3, -0.25) is 4.79 Å². The van der Waals surface area contributed by atoms with Gasteiger partial charge in [0.15, 0.2) is 11.5 Å². The number of benzene rings is 2. The monoisotopic (exact) mass is 379 g/mol. The molecule has 2 aromatic carbocycles. The molecule has 7 heteroatoms. The zero-order valence-electron chi connectivity index (χ0n) is 14.4. The molecule has 2 aliphatic rings. The van der Waals surface area contributed by atoms with Gasteiger partial charge in [-0.1, -0.05) is 30.3 Å². The summed E-state index contributed by atoms with van der Waals surface area (Å²) in [4.78, 5) is 12.9. The van der Waals surface area contributed by atoms with Gasteiger partial charge in [-0.05, 0) is 24.3 Å². The van der Waals surface area contributed by atoms with Crippen molar-refractivity contribution in [2.75, 3.05) is 11.9 Å². The summed E-state index contributed by atoms with van der Waals surface area (Å²) in [5.41, 5.74) is 3.01. The lowest BCUT2D eigenvalue weighted by atomic mass is 10.2. The van der Waals surface area contributed by atoms with Gasteiger partial charge in [-0.2, -0.15) is 16.9 Å². The second-order valence-electron chi connectivity index (χ2n) is 6.37. The highest BCUT2D eigenvalue weighted by Crippen LogP contribution is 2.36. The molecule has 136 valence electrons. The van der Waals surface area contributed by atoms with Crippen molar-refractivity contribution in [3.8, 4) is 17.2 Å². The van der Waals surface area contributed by atoms with Crippen molar-refractivity contribution >= 4 is 23.5 Å². The number of carbonyl (C=O) groups excluding carboxylic acids is 1. The smallest absolute Gasteiger partial charge is 0.270 e. The maximum Gasteiger partial charge on any atom is 0.270 e. The van der Waals surface area contributed by atoms with E-state index < -0.39 is 6.10 Å². The zero-order valence-corrected chi connectivity index (χ0v) is 15.2. The molecule has 1 amide bonds. The number of hydrogen-bond donors (Lipinski definition) is 1. The summed E-state index contributed by atoms with van der Waals surface area (Å²) >= 11 is 1.80. The van der Waals surface area contributed by atoms with Gasteiger partial charge in [-0.15, -0.1) is 0 Å². The van der Waals surface area contributed by atoms with Crippen LogP contribution in [0, 0.1) is 0 Å². The maximum absolute atomic E-state index is 12.9. The molecule has 5 rings (SSSR count). The number of thioether (sulfide) groups is 1. The number of carbonyl (C=O) groups is 1. The van der Waals surface area contributed by atoms with Crippen molar-refractivity contribution in [3.05, 3.63) is 65.9 Å². The molecular weight excluding hydrogens is 362 g/mol. The van der Waals surface area contributed by atoms with Gasteiger partial charge in [0, 0.05) is 17.1 Å². The summed E-state index contributed by atoms with van der Waals surface area (Å²) in [6.07, 6.45) is -0.705. The molecule has 1 N–H and O–H groups in total. The van der Waals surface area contributed by atoms with E-state index in [-0.39, 0.29) is 12.5 Å². The molecule has 1 unspecified atom stereocenters. The molecule has 0 spiro atoms. The molecule has 1 aromatic heterocycles. The first-order valence-corrected chi connectivity index (χ1v) is 9.88. The Morgan fingerprint density at radius 1 is 1.07 bits per heavy atom. The number of para-hydroxylation sites is 3. The fraction of sp³-hybridized carbons (Fsp3) is 0.200. The average Bonchev–Trinajstić information content (AvgIpc) is 3.31. The second-order valence-corrected chi connectivity index (χ2v) is 7.35. The normalized spacial score (nSPS) is 17.4. The van der Waals surface area contributed by atoms with Crippen LogP contribution in [0.5, 0.6) is 11.5 Å². The Morgan fingerprint density at radius 2 is 1.85 bits per heavy atom. The van der Waals surface area contributed by atoms with Crippen LogP contribution in [0.25, 0.3) is 5.69 Å². The number of hydrogen-bond acceptors (Lipinski definition) is 5. The molecule has 0 saturated carbocycles. The van der Waals surface area contributed by atoms with Gasteiger partial charge < -0.3 is 14.8 Å². The summed E-state index contributed by atoms with van der Waals surface area (Å²) in [5, 5.41) is 7.74. The fourth-order valence-electron chi connectivity index (χ4n) is 3.24. The lowest BCUT2D eigenvalue weighted by Gasteiger charge is -2.25. The lowest BCUT2D eigenvalue weighted by Crippen LogP contribution is -2.40. The van der Waals surface area contributed by atoms with Crippen LogP contribution >= 0.6 is 11.8 Å². The first-order chi connectivity index (χ1) is 13.3. The van der Waals surface area contributed by atoms with Crippen molar-refractivity contribution in [1.29, 1.82) is 0 Å². The van der Waals surface area contributed by atoms with Crippen molar-refractivity contribution in [1.82, 2.24) is 9.78 Å². The number of ether oxygens (including phenoxy) is 2. The number of amides is 1. The van der Waals surface area contributed by atoms with Crippen LogP contribution in [0.15, 0.2) is 54.6 Å². The molecule has 6 nitrogen and oxygen atoms in total. The highest BCUT2D eigenvalue weighted by molar-refractivity contribution is 7.98. The van der Waals surface area contributed by atoms with Gasteiger partial charge in [0.2, 0.25) is 6.10 Å². The number of aromatic nitrogens is 2. The number of rotatable bonds is 3. The zero-order chi connectivity index (χ0) is 18.2. The summed E-state index contributed by atoms with van der Waals surface area (Å²) in [6, 6.07) is 17.2. The third kappa shape index (κ3) is 2.94. The highest BCUT2D eigenvalue weighted by Gasteiger charge is 2.31. The molecule has 0 aliphatic carbocycles. The lowest BCUT2D eigenvalue weighted by molar-refractivity contribution is -0.125. The van der Waals surface area contributed by atoms with E-state index in [9.17, 15) is 4.79 Å². The molecule has 0 fully saturated rings. The minimum absolute atomic E-state index is 0.180. The Bertz CT molecular complexity index is 1000.